The summed E-state index contributed by atoms with van der Waals surface area (Å²) in [6.07, 6.45) is -7.78. The maximum atomic E-state index is 13.0. The van der Waals surface area contributed by atoms with E-state index in [1.54, 1.807) is 30.3 Å². The predicted molar refractivity (Wildman–Crippen MR) is 95.3 cm³/mol. The molecule has 0 aliphatic rings. The summed E-state index contributed by atoms with van der Waals surface area (Å²) < 4.78 is 79.2. The van der Waals surface area contributed by atoms with Crippen LogP contribution in [0.1, 0.15) is 16.7 Å². The van der Waals surface area contributed by atoms with Gasteiger partial charge >= 0.3 is 12.4 Å². The van der Waals surface area contributed by atoms with Crippen LogP contribution in [0.25, 0.3) is 23.2 Å². The number of nitrogens with zero attached hydrogens (tertiary/aromatic N) is 3. The number of aromatic nitrogens is 3. The third-order valence-corrected chi connectivity index (χ3v) is 3.97. The Morgan fingerprint density at radius 1 is 0.933 bits per heavy atom. The van der Waals surface area contributed by atoms with Gasteiger partial charge in [-0.05, 0) is 23.8 Å². The Balaban J connectivity index is 2.06. The lowest BCUT2D eigenvalue weighted by molar-refractivity contribution is -0.143. The molecule has 0 saturated carbocycles. The van der Waals surface area contributed by atoms with Crippen LogP contribution in [0.5, 0.6) is 0 Å². The molecule has 0 spiro atoms. The standard InChI is InChI=1S/C19H12F6N4O/c20-18(21,22)13-6-12(7-14(8-13)19(23,24)25)17-27-10-29(28-17)9-15(16(26)30)11-4-2-1-3-5-11/h1-10H,(H2,26,30). The number of halogens is 6. The highest BCUT2D eigenvalue weighted by Crippen LogP contribution is 2.38. The van der Waals surface area contributed by atoms with E-state index in [4.69, 9.17) is 5.73 Å². The molecule has 156 valence electrons. The number of carbonyl (C=O) groups excluding carboxylic acids is 1. The largest absolute Gasteiger partial charge is 0.416 e. The molecule has 0 atom stereocenters. The Hall–Kier alpha value is -3.63. The second-order valence-electron chi connectivity index (χ2n) is 6.12. The summed E-state index contributed by atoms with van der Waals surface area (Å²) in [5.41, 5.74) is 2.36. The minimum atomic E-state index is -5.00. The average molecular weight is 426 g/mol. The van der Waals surface area contributed by atoms with Crippen molar-refractivity contribution in [3.05, 3.63) is 71.5 Å². The van der Waals surface area contributed by atoms with Gasteiger partial charge in [0, 0.05) is 11.8 Å². The normalized spacial score (nSPS) is 12.8. The molecule has 1 heterocycles. The van der Waals surface area contributed by atoms with Crippen molar-refractivity contribution in [3.8, 4) is 11.4 Å². The third kappa shape index (κ3) is 4.67. The summed E-state index contributed by atoms with van der Waals surface area (Å²) in [7, 11) is 0. The molecule has 2 aromatic carbocycles. The molecule has 0 radical (unpaired) electrons. The Kier molecular flexibility index (Phi) is 5.38. The molecule has 2 N–H and O–H groups in total. The van der Waals surface area contributed by atoms with Gasteiger partial charge in [-0.2, -0.15) is 26.3 Å². The first-order valence-corrected chi connectivity index (χ1v) is 8.23. The molecule has 30 heavy (non-hydrogen) atoms. The molecule has 0 aliphatic carbocycles. The molecule has 0 bridgehead atoms. The second-order valence-corrected chi connectivity index (χ2v) is 6.12. The molecule has 11 heteroatoms. The van der Waals surface area contributed by atoms with Crippen molar-refractivity contribution in [3.63, 3.8) is 0 Å². The summed E-state index contributed by atoms with van der Waals surface area (Å²) in [4.78, 5) is 15.5. The lowest BCUT2D eigenvalue weighted by Crippen LogP contribution is -2.13. The number of primary amides is 1. The van der Waals surface area contributed by atoms with Crippen molar-refractivity contribution in [2.24, 2.45) is 5.73 Å². The van der Waals surface area contributed by atoms with E-state index in [1.165, 1.54) is 6.20 Å². The average Bonchev–Trinajstić information content (AvgIpc) is 3.13. The zero-order chi connectivity index (χ0) is 22.1. The van der Waals surface area contributed by atoms with E-state index in [-0.39, 0.29) is 17.5 Å². The number of amides is 1. The number of hydrogen-bond acceptors (Lipinski definition) is 3. The van der Waals surface area contributed by atoms with E-state index in [1.807, 2.05) is 0 Å². The van der Waals surface area contributed by atoms with Crippen molar-refractivity contribution >= 4 is 17.7 Å². The zero-order valence-electron chi connectivity index (χ0n) is 14.9. The number of carbonyl (C=O) groups is 1. The highest BCUT2D eigenvalue weighted by atomic mass is 19.4. The van der Waals surface area contributed by atoms with Gasteiger partial charge in [0.25, 0.3) is 5.91 Å². The van der Waals surface area contributed by atoms with Crippen LogP contribution in [-0.4, -0.2) is 20.7 Å². The Labute approximate surface area is 165 Å². The predicted octanol–water partition coefficient (Wildman–Crippen LogP) is 4.47. The highest BCUT2D eigenvalue weighted by Gasteiger charge is 2.37. The van der Waals surface area contributed by atoms with Gasteiger partial charge in [-0.25, -0.2) is 9.67 Å². The third-order valence-electron chi connectivity index (χ3n) is 3.97. The van der Waals surface area contributed by atoms with Crippen LogP contribution in [0.3, 0.4) is 0 Å². The fourth-order valence-corrected chi connectivity index (χ4v) is 2.58. The van der Waals surface area contributed by atoms with Gasteiger partial charge in [0.15, 0.2) is 5.82 Å². The van der Waals surface area contributed by atoms with Crippen LogP contribution in [0.15, 0.2) is 54.9 Å². The molecule has 0 aliphatic heterocycles. The summed E-state index contributed by atoms with van der Waals surface area (Å²) in [6.45, 7) is 0. The van der Waals surface area contributed by atoms with E-state index in [9.17, 15) is 31.1 Å². The molecular formula is C19H12F6N4O. The molecular weight excluding hydrogens is 414 g/mol. The SMILES string of the molecule is NC(=O)C(=Cn1cnc(-c2cc(C(F)(F)F)cc(C(F)(F)F)c2)n1)c1ccccc1. The Morgan fingerprint density at radius 2 is 1.50 bits per heavy atom. The van der Waals surface area contributed by atoms with Crippen LogP contribution >= 0.6 is 0 Å². The molecule has 0 fully saturated rings. The van der Waals surface area contributed by atoms with Gasteiger partial charge in [0.05, 0.1) is 16.7 Å². The number of hydrogen-bond donors (Lipinski definition) is 1. The molecule has 1 amide bonds. The molecule has 0 saturated heterocycles. The van der Waals surface area contributed by atoms with Crippen molar-refractivity contribution in [1.82, 2.24) is 14.8 Å². The van der Waals surface area contributed by atoms with Gasteiger partial charge in [-0.1, -0.05) is 30.3 Å². The topological polar surface area (TPSA) is 73.8 Å². The monoisotopic (exact) mass is 426 g/mol. The first-order valence-electron chi connectivity index (χ1n) is 8.23. The Bertz CT molecular complexity index is 1070. The summed E-state index contributed by atoms with van der Waals surface area (Å²) >= 11 is 0. The molecule has 3 aromatic rings. The lowest BCUT2D eigenvalue weighted by atomic mass is 10.0. The zero-order valence-corrected chi connectivity index (χ0v) is 14.9. The van der Waals surface area contributed by atoms with E-state index in [0.717, 1.165) is 11.0 Å². The van der Waals surface area contributed by atoms with Crippen molar-refractivity contribution in [2.75, 3.05) is 0 Å². The Morgan fingerprint density at radius 3 is 2.00 bits per heavy atom. The maximum absolute atomic E-state index is 13.0. The van der Waals surface area contributed by atoms with Crippen LogP contribution in [0.2, 0.25) is 0 Å². The number of benzene rings is 2. The van der Waals surface area contributed by atoms with E-state index >= 15 is 0 Å². The summed E-state index contributed by atoms with van der Waals surface area (Å²) in [5, 5.41) is 3.86. The summed E-state index contributed by atoms with van der Waals surface area (Å²) in [6, 6.07) is 9.26. The quantitative estimate of drug-likeness (QED) is 0.494. The van der Waals surface area contributed by atoms with Gasteiger partial charge in [-0.3, -0.25) is 4.79 Å². The number of alkyl halides is 6. The van der Waals surface area contributed by atoms with Gasteiger partial charge < -0.3 is 5.73 Å². The van der Waals surface area contributed by atoms with E-state index < -0.39 is 35.0 Å². The maximum Gasteiger partial charge on any atom is 0.416 e. The van der Waals surface area contributed by atoms with Crippen LogP contribution in [0.4, 0.5) is 26.3 Å². The number of rotatable bonds is 4. The smallest absolute Gasteiger partial charge is 0.366 e. The van der Waals surface area contributed by atoms with Gasteiger partial charge in [0.2, 0.25) is 0 Å². The van der Waals surface area contributed by atoms with Crippen LogP contribution in [0, 0.1) is 0 Å². The van der Waals surface area contributed by atoms with Crippen LogP contribution in [-0.2, 0) is 17.1 Å². The van der Waals surface area contributed by atoms with Gasteiger partial charge in [-0.15, -0.1) is 5.10 Å². The highest BCUT2D eigenvalue weighted by molar-refractivity contribution is 6.22. The van der Waals surface area contributed by atoms with Crippen molar-refractivity contribution in [1.29, 1.82) is 0 Å². The first kappa shape index (κ1) is 21.1. The van der Waals surface area contributed by atoms with Crippen molar-refractivity contribution in [2.45, 2.75) is 12.4 Å². The second kappa shape index (κ2) is 7.65. The fraction of sp³-hybridized carbons (Fsp3) is 0.105. The minimum absolute atomic E-state index is 0.0149. The van der Waals surface area contributed by atoms with Crippen molar-refractivity contribution < 1.29 is 31.1 Å². The van der Waals surface area contributed by atoms with Gasteiger partial charge in [0.1, 0.15) is 6.33 Å². The lowest BCUT2D eigenvalue weighted by Gasteiger charge is -2.13. The molecule has 5 nitrogen and oxygen atoms in total. The first-order chi connectivity index (χ1) is 13.9. The summed E-state index contributed by atoms with van der Waals surface area (Å²) in [5.74, 6) is -1.20. The number of nitrogens with two attached hydrogens (primary N) is 1. The molecule has 3 rings (SSSR count). The molecule has 1 aromatic heterocycles. The molecule has 0 unspecified atom stereocenters. The fourth-order valence-electron chi connectivity index (χ4n) is 2.58. The minimum Gasteiger partial charge on any atom is -0.366 e. The van der Waals surface area contributed by atoms with Crippen LogP contribution < -0.4 is 5.73 Å². The van der Waals surface area contributed by atoms with E-state index in [2.05, 4.69) is 10.1 Å². The van der Waals surface area contributed by atoms with E-state index in [0.29, 0.717) is 17.7 Å².